The van der Waals surface area contributed by atoms with Crippen LogP contribution in [0, 0.1) is 24.5 Å². The Morgan fingerprint density at radius 2 is 1.88 bits per heavy atom. The van der Waals surface area contributed by atoms with E-state index in [1.54, 1.807) is 6.92 Å². The molecular weight excluding hydrogens is 246 g/mol. The van der Waals surface area contributed by atoms with E-state index in [1.807, 2.05) is 0 Å². The first kappa shape index (κ1) is 12.8. The third-order valence-electron chi connectivity index (χ3n) is 3.25. The molecule has 1 aliphatic rings. The highest BCUT2D eigenvalue weighted by Gasteiger charge is 2.26. The van der Waals surface area contributed by atoms with Gasteiger partial charge in [-0.25, -0.2) is 8.78 Å². The molecule has 1 saturated heterocycles. The van der Waals surface area contributed by atoms with Gasteiger partial charge in [0.1, 0.15) is 11.6 Å². The number of aryl methyl sites for hydroxylation is 1. The molecule has 0 aromatic heterocycles. The van der Waals surface area contributed by atoms with E-state index in [0.717, 1.165) is 12.8 Å². The number of benzene rings is 1. The molecule has 1 nitrogen and oxygen atoms in total. The summed E-state index contributed by atoms with van der Waals surface area (Å²) in [5.74, 6) is -0.670. The molecule has 0 aliphatic carbocycles. The molecule has 0 bridgehead atoms. The third kappa shape index (κ3) is 2.78. The van der Waals surface area contributed by atoms with Crippen molar-refractivity contribution in [1.29, 1.82) is 0 Å². The highest BCUT2D eigenvalue weighted by molar-refractivity contribution is 6.21. The van der Waals surface area contributed by atoms with Crippen molar-refractivity contribution in [1.82, 2.24) is 0 Å². The van der Waals surface area contributed by atoms with E-state index in [1.165, 1.54) is 12.1 Å². The van der Waals surface area contributed by atoms with Gasteiger partial charge in [0, 0.05) is 18.8 Å². The van der Waals surface area contributed by atoms with Crippen LogP contribution in [-0.2, 0) is 4.74 Å². The first-order chi connectivity index (χ1) is 8.09. The number of ether oxygens (including phenoxy) is 1. The Bertz CT molecular complexity index is 403. The van der Waals surface area contributed by atoms with Crippen molar-refractivity contribution < 1.29 is 13.5 Å². The smallest absolute Gasteiger partial charge is 0.128 e. The van der Waals surface area contributed by atoms with Gasteiger partial charge in [-0.1, -0.05) is 0 Å². The van der Waals surface area contributed by atoms with Gasteiger partial charge in [0.15, 0.2) is 0 Å². The van der Waals surface area contributed by atoms with Gasteiger partial charge in [-0.3, -0.25) is 0 Å². The van der Waals surface area contributed by atoms with Crippen molar-refractivity contribution in [2.24, 2.45) is 5.92 Å². The Balaban J connectivity index is 2.23. The highest BCUT2D eigenvalue weighted by Crippen LogP contribution is 2.37. The Morgan fingerprint density at radius 1 is 1.24 bits per heavy atom. The van der Waals surface area contributed by atoms with E-state index in [2.05, 4.69) is 0 Å². The standard InChI is InChI=1S/C13H15ClF2O/c1-8-6-12(16)10(7-11(8)15)13(14)9-2-4-17-5-3-9/h6-7,9,13H,2-5H2,1H3. The lowest BCUT2D eigenvalue weighted by Crippen LogP contribution is -2.20. The molecule has 1 fully saturated rings. The van der Waals surface area contributed by atoms with Crippen LogP contribution >= 0.6 is 11.6 Å². The Hall–Kier alpha value is -0.670. The second-order valence-electron chi connectivity index (χ2n) is 4.47. The topological polar surface area (TPSA) is 9.23 Å². The summed E-state index contributed by atoms with van der Waals surface area (Å²) in [5.41, 5.74) is 0.573. The maximum Gasteiger partial charge on any atom is 0.128 e. The molecule has 1 aromatic rings. The molecule has 0 radical (unpaired) electrons. The normalized spacial score (nSPS) is 19.3. The average Bonchev–Trinajstić information content (AvgIpc) is 2.34. The zero-order valence-corrected chi connectivity index (χ0v) is 10.4. The lowest BCUT2D eigenvalue weighted by Gasteiger charge is -2.26. The first-order valence-corrected chi connectivity index (χ1v) is 6.20. The monoisotopic (exact) mass is 260 g/mol. The van der Waals surface area contributed by atoms with Crippen molar-refractivity contribution in [2.75, 3.05) is 13.2 Å². The molecule has 1 heterocycles. The lowest BCUT2D eigenvalue weighted by molar-refractivity contribution is 0.0648. The molecule has 0 amide bonds. The molecule has 1 aromatic carbocycles. The Labute approximate surface area is 105 Å². The molecule has 0 saturated carbocycles. The van der Waals surface area contributed by atoms with Gasteiger partial charge in [-0.15, -0.1) is 11.6 Å². The lowest BCUT2D eigenvalue weighted by atomic mass is 9.91. The first-order valence-electron chi connectivity index (χ1n) is 5.77. The molecule has 94 valence electrons. The van der Waals surface area contributed by atoms with Crippen LogP contribution in [0.25, 0.3) is 0 Å². The molecule has 0 N–H and O–H groups in total. The summed E-state index contributed by atoms with van der Waals surface area (Å²) >= 11 is 6.25. The number of hydrogen-bond donors (Lipinski definition) is 0. The fraction of sp³-hybridized carbons (Fsp3) is 0.538. The van der Waals surface area contributed by atoms with Crippen molar-refractivity contribution in [2.45, 2.75) is 25.1 Å². The summed E-state index contributed by atoms with van der Waals surface area (Å²) in [6, 6.07) is 2.43. The number of hydrogen-bond acceptors (Lipinski definition) is 1. The molecule has 1 unspecified atom stereocenters. The van der Waals surface area contributed by atoms with E-state index < -0.39 is 17.0 Å². The van der Waals surface area contributed by atoms with Crippen LogP contribution < -0.4 is 0 Å². The van der Waals surface area contributed by atoms with E-state index >= 15 is 0 Å². The SMILES string of the molecule is Cc1cc(F)c(C(Cl)C2CCOCC2)cc1F. The van der Waals surface area contributed by atoms with Gasteiger partial charge >= 0.3 is 0 Å². The number of alkyl halides is 1. The van der Waals surface area contributed by atoms with Crippen LogP contribution in [0.15, 0.2) is 12.1 Å². The minimum absolute atomic E-state index is 0.155. The van der Waals surface area contributed by atoms with Crippen molar-refractivity contribution in [3.8, 4) is 0 Å². The second kappa shape index (κ2) is 5.32. The molecule has 0 spiro atoms. The van der Waals surface area contributed by atoms with Crippen LogP contribution in [0.1, 0.15) is 29.3 Å². The summed E-state index contributed by atoms with van der Waals surface area (Å²) < 4.78 is 32.4. The molecule has 1 atom stereocenters. The number of rotatable bonds is 2. The van der Waals surface area contributed by atoms with Crippen LogP contribution in [0.3, 0.4) is 0 Å². The van der Waals surface area contributed by atoms with Crippen LogP contribution in [-0.4, -0.2) is 13.2 Å². The molecule has 2 rings (SSSR count). The summed E-state index contributed by atoms with van der Waals surface area (Å²) in [5, 5.41) is -0.478. The van der Waals surface area contributed by atoms with E-state index in [9.17, 15) is 8.78 Å². The van der Waals surface area contributed by atoms with Gasteiger partial charge in [-0.05, 0) is 43.4 Å². The fourth-order valence-electron chi connectivity index (χ4n) is 2.14. The maximum absolute atomic E-state index is 13.8. The van der Waals surface area contributed by atoms with Gasteiger partial charge in [0.25, 0.3) is 0 Å². The van der Waals surface area contributed by atoms with Gasteiger partial charge in [-0.2, -0.15) is 0 Å². The van der Waals surface area contributed by atoms with Crippen molar-refractivity contribution in [3.05, 3.63) is 34.9 Å². The molecule has 17 heavy (non-hydrogen) atoms. The zero-order valence-electron chi connectivity index (χ0n) is 9.68. The van der Waals surface area contributed by atoms with E-state index in [4.69, 9.17) is 16.3 Å². The van der Waals surface area contributed by atoms with Crippen LogP contribution in [0.5, 0.6) is 0 Å². The average molecular weight is 261 g/mol. The molecular formula is C13H15ClF2O. The maximum atomic E-state index is 13.8. The van der Waals surface area contributed by atoms with Crippen molar-refractivity contribution >= 4 is 11.6 Å². The predicted molar refractivity (Wildman–Crippen MR) is 63.2 cm³/mol. The van der Waals surface area contributed by atoms with Gasteiger partial charge in [0.2, 0.25) is 0 Å². The van der Waals surface area contributed by atoms with Crippen molar-refractivity contribution in [3.63, 3.8) is 0 Å². The summed E-state index contributed by atoms with van der Waals surface area (Å²) in [6.07, 6.45) is 1.59. The van der Waals surface area contributed by atoms with Crippen LogP contribution in [0.2, 0.25) is 0 Å². The summed E-state index contributed by atoms with van der Waals surface area (Å²) in [7, 11) is 0. The minimum Gasteiger partial charge on any atom is -0.381 e. The highest BCUT2D eigenvalue weighted by atomic mass is 35.5. The summed E-state index contributed by atoms with van der Waals surface area (Å²) in [6.45, 7) is 2.83. The van der Waals surface area contributed by atoms with E-state index in [0.29, 0.717) is 18.8 Å². The van der Waals surface area contributed by atoms with E-state index in [-0.39, 0.29) is 11.5 Å². The summed E-state index contributed by atoms with van der Waals surface area (Å²) in [4.78, 5) is 0. The van der Waals surface area contributed by atoms with Gasteiger partial charge < -0.3 is 4.74 Å². The third-order valence-corrected chi connectivity index (χ3v) is 3.85. The van der Waals surface area contributed by atoms with Crippen LogP contribution in [0.4, 0.5) is 8.78 Å². The Morgan fingerprint density at radius 3 is 2.53 bits per heavy atom. The molecule has 4 heteroatoms. The molecule has 1 aliphatic heterocycles. The largest absolute Gasteiger partial charge is 0.381 e. The minimum atomic E-state index is -0.478. The fourth-order valence-corrected chi connectivity index (χ4v) is 2.55. The zero-order chi connectivity index (χ0) is 12.4. The predicted octanol–water partition coefficient (Wildman–Crippen LogP) is 3.98. The quantitative estimate of drug-likeness (QED) is 0.731. The number of halogens is 3. The van der Waals surface area contributed by atoms with Gasteiger partial charge in [0.05, 0.1) is 5.38 Å². The second-order valence-corrected chi connectivity index (χ2v) is 4.94. The Kier molecular flexibility index (Phi) is 4.00.